The summed E-state index contributed by atoms with van der Waals surface area (Å²) in [5.41, 5.74) is 4.85. The molecule has 12 nitrogen and oxygen atoms in total. The SMILES string of the molecule is COC1[C@@H](OP(=O)(O)C(C)C)[C@@H](COC(C)C)O[C@H]1n1cnc2c(=O)[nH]c(N)nc21. The fourth-order valence-corrected chi connectivity index (χ4v) is 4.00. The van der Waals surface area contributed by atoms with Crippen molar-refractivity contribution in [1.29, 1.82) is 0 Å². The predicted octanol–water partition coefficient (Wildman–Crippen LogP) is 1.02. The molecule has 0 bridgehead atoms. The van der Waals surface area contributed by atoms with Crippen LogP contribution in [0.4, 0.5) is 5.95 Å². The van der Waals surface area contributed by atoms with Crippen LogP contribution in [-0.4, -0.2) is 68.2 Å². The van der Waals surface area contributed by atoms with Crippen LogP contribution in [-0.2, 0) is 23.3 Å². The van der Waals surface area contributed by atoms with Crippen LogP contribution in [0.2, 0.25) is 0 Å². The first-order chi connectivity index (χ1) is 14.0. The number of hydrogen-bond donors (Lipinski definition) is 3. The molecule has 1 aliphatic rings. The molecule has 0 amide bonds. The molecule has 0 spiro atoms. The Kier molecular flexibility index (Phi) is 6.66. The van der Waals surface area contributed by atoms with Crippen molar-refractivity contribution in [3.05, 3.63) is 16.7 Å². The predicted molar refractivity (Wildman–Crippen MR) is 108 cm³/mol. The molecule has 3 rings (SSSR count). The number of hydrogen-bond acceptors (Lipinski definition) is 9. The van der Waals surface area contributed by atoms with Gasteiger partial charge in [0.25, 0.3) is 5.56 Å². The van der Waals surface area contributed by atoms with E-state index in [2.05, 4.69) is 15.0 Å². The molecule has 0 aromatic carbocycles. The molecule has 1 saturated heterocycles. The maximum atomic E-state index is 12.6. The average molecular weight is 445 g/mol. The Morgan fingerprint density at radius 1 is 1.37 bits per heavy atom. The summed E-state index contributed by atoms with van der Waals surface area (Å²) in [7, 11) is -2.51. The van der Waals surface area contributed by atoms with Crippen LogP contribution in [0.3, 0.4) is 0 Å². The van der Waals surface area contributed by atoms with Gasteiger partial charge in [0, 0.05) is 7.11 Å². The van der Waals surface area contributed by atoms with Gasteiger partial charge in [-0.15, -0.1) is 0 Å². The van der Waals surface area contributed by atoms with Gasteiger partial charge >= 0.3 is 7.60 Å². The number of aromatic amines is 1. The van der Waals surface area contributed by atoms with Crippen molar-refractivity contribution in [3.63, 3.8) is 0 Å². The highest BCUT2D eigenvalue weighted by Crippen LogP contribution is 2.51. The average Bonchev–Trinajstić information content (AvgIpc) is 3.20. The maximum absolute atomic E-state index is 12.6. The maximum Gasteiger partial charge on any atom is 0.331 e. The number of imidazole rings is 1. The van der Waals surface area contributed by atoms with E-state index in [0.717, 1.165) is 0 Å². The van der Waals surface area contributed by atoms with Crippen molar-refractivity contribution in [2.75, 3.05) is 19.5 Å². The summed E-state index contributed by atoms with van der Waals surface area (Å²) in [6, 6.07) is 0. The summed E-state index contributed by atoms with van der Waals surface area (Å²) < 4.78 is 37.1. The molecule has 13 heteroatoms. The minimum Gasteiger partial charge on any atom is -0.376 e. The van der Waals surface area contributed by atoms with Crippen molar-refractivity contribution in [3.8, 4) is 0 Å². The molecule has 2 aromatic rings. The van der Waals surface area contributed by atoms with Gasteiger partial charge in [0.2, 0.25) is 5.95 Å². The van der Waals surface area contributed by atoms with Gasteiger partial charge in [0.15, 0.2) is 17.4 Å². The molecule has 1 fully saturated rings. The number of rotatable bonds is 8. The van der Waals surface area contributed by atoms with Crippen molar-refractivity contribution < 1.29 is 28.2 Å². The second kappa shape index (κ2) is 8.74. The Balaban J connectivity index is 2.01. The Bertz CT molecular complexity index is 991. The van der Waals surface area contributed by atoms with E-state index < -0.39 is 43.4 Å². The second-order valence-corrected chi connectivity index (χ2v) is 10.0. The molecule has 0 aliphatic carbocycles. The minimum absolute atomic E-state index is 0.0756. The van der Waals surface area contributed by atoms with Gasteiger partial charge in [-0.2, -0.15) is 4.98 Å². The van der Waals surface area contributed by atoms with Crippen molar-refractivity contribution in [2.24, 2.45) is 0 Å². The number of H-pyrrole nitrogens is 1. The number of nitrogen functional groups attached to an aromatic ring is 1. The number of methoxy groups -OCH3 is 1. The second-order valence-electron chi connectivity index (χ2n) is 7.65. The van der Waals surface area contributed by atoms with Crippen molar-refractivity contribution >= 4 is 24.7 Å². The van der Waals surface area contributed by atoms with Crippen LogP contribution in [0.25, 0.3) is 11.2 Å². The van der Waals surface area contributed by atoms with Crippen LogP contribution < -0.4 is 11.3 Å². The third-order valence-corrected chi connectivity index (χ3v) is 6.65. The molecular weight excluding hydrogens is 417 g/mol. The van der Waals surface area contributed by atoms with E-state index >= 15 is 0 Å². The van der Waals surface area contributed by atoms with Gasteiger partial charge in [-0.1, -0.05) is 13.8 Å². The van der Waals surface area contributed by atoms with Gasteiger partial charge in [-0.05, 0) is 13.8 Å². The molecule has 4 N–H and O–H groups in total. The number of nitrogens with zero attached hydrogens (tertiary/aromatic N) is 3. The highest BCUT2D eigenvalue weighted by atomic mass is 31.2. The quantitative estimate of drug-likeness (QED) is 0.500. The summed E-state index contributed by atoms with van der Waals surface area (Å²) in [6.45, 7) is 7.03. The molecular formula is C17H28N5O7P. The summed E-state index contributed by atoms with van der Waals surface area (Å²) in [6.07, 6.45) is -1.97. The van der Waals surface area contributed by atoms with Gasteiger partial charge in [-0.25, -0.2) is 4.98 Å². The van der Waals surface area contributed by atoms with Crippen LogP contribution in [0, 0.1) is 0 Å². The van der Waals surface area contributed by atoms with E-state index in [1.54, 1.807) is 13.8 Å². The largest absolute Gasteiger partial charge is 0.376 e. The number of nitrogens with one attached hydrogen (secondary N) is 1. The number of anilines is 1. The number of aromatic nitrogens is 4. The topological polar surface area (TPSA) is 164 Å². The first-order valence-corrected chi connectivity index (χ1v) is 11.2. The molecule has 168 valence electrons. The smallest absolute Gasteiger partial charge is 0.331 e. The number of fused-ring (bicyclic) bond motifs is 1. The summed E-state index contributed by atoms with van der Waals surface area (Å²) >= 11 is 0. The van der Waals surface area contributed by atoms with Crippen LogP contribution in [0.15, 0.2) is 11.1 Å². The molecule has 0 saturated carbocycles. The van der Waals surface area contributed by atoms with Crippen molar-refractivity contribution in [1.82, 2.24) is 19.5 Å². The van der Waals surface area contributed by atoms with E-state index in [0.29, 0.717) is 0 Å². The zero-order chi connectivity index (χ0) is 22.2. The lowest BCUT2D eigenvalue weighted by Gasteiger charge is -2.27. The van der Waals surface area contributed by atoms with E-state index in [1.165, 1.54) is 18.0 Å². The zero-order valence-corrected chi connectivity index (χ0v) is 18.4. The van der Waals surface area contributed by atoms with Crippen LogP contribution in [0.5, 0.6) is 0 Å². The lowest BCUT2D eigenvalue weighted by atomic mass is 10.1. The molecule has 2 unspecified atom stereocenters. The Hall–Kier alpha value is -1.82. The Morgan fingerprint density at radius 3 is 2.67 bits per heavy atom. The van der Waals surface area contributed by atoms with Gasteiger partial charge < -0.3 is 24.8 Å². The normalized spacial score (nSPS) is 26.7. The van der Waals surface area contributed by atoms with E-state index in [4.69, 9.17) is 24.5 Å². The molecule has 2 aromatic heterocycles. The monoisotopic (exact) mass is 445 g/mol. The fraction of sp³-hybridized carbons (Fsp3) is 0.706. The van der Waals surface area contributed by atoms with Crippen LogP contribution in [0.1, 0.15) is 33.9 Å². The summed E-state index contributed by atoms with van der Waals surface area (Å²) in [5, 5.41) is 0. The molecule has 0 radical (unpaired) electrons. The lowest BCUT2D eigenvalue weighted by Crippen LogP contribution is -2.38. The van der Waals surface area contributed by atoms with Gasteiger partial charge in [0.05, 0.1) is 24.7 Å². The third-order valence-electron chi connectivity index (χ3n) is 4.80. The lowest BCUT2D eigenvalue weighted by molar-refractivity contribution is -0.0766. The molecule has 3 heterocycles. The standard InChI is InChI=1S/C17H28N5O7P/c1-8(2)27-6-10-12(29-30(24,25)9(3)4)13(26-5)16(28-10)22-7-19-11-14(22)20-17(18)21-15(11)23/h7-10,12-13,16H,6H2,1-5H3,(H,24,25)(H3,18,20,21,23)/t10-,12+,13?,16-/m1/s1. The molecule has 30 heavy (non-hydrogen) atoms. The Labute approximate surface area is 173 Å². The Morgan fingerprint density at radius 2 is 2.07 bits per heavy atom. The minimum atomic E-state index is -3.95. The van der Waals surface area contributed by atoms with E-state index in [9.17, 15) is 14.3 Å². The molecule has 1 aliphatic heterocycles. The fourth-order valence-electron chi connectivity index (χ4n) is 3.16. The molecule has 5 atom stereocenters. The number of nitrogens with two attached hydrogens (primary N) is 1. The van der Waals surface area contributed by atoms with E-state index in [1.807, 2.05) is 13.8 Å². The third kappa shape index (κ3) is 4.43. The first kappa shape index (κ1) is 22.9. The first-order valence-electron chi connectivity index (χ1n) is 9.58. The van der Waals surface area contributed by atoms with Gasteiger partial charge in [-0.3, -0.25) is 23.4 Å². The van der Waals surface area contributed by atoms with Crippen molar-refractivity contribution in [2.45, 2.75) is 64.0 Å². The zero-order valence-electron chi connectivity index (χ0n) is 17.5. The summed E-state index contributed by atoms with van der Waals surface area (Å²) in [5.74, 6) is -0.0756. The summed E-state index contributed by atoms with van der Waals surface area (Å²) in [4.78, 5) is 33.0. The van der Waals surface area contributed by atoms with Gasteiger partial charge in [0.1, 0.15) is 18.3 Å². The van der Waals surface area contributed by atoms with Crippen LogP contribution >= 0.6 is 7.60 Å². The highest BCUT2D eigenvalue weighted by Gasteiger charge is 2.50. The highest BCUT2D eigenvalue weighted by molar-refractivity contribution is 7.53. The van der Waals surface area contributed by atoms with E-state index in [-0.39, 0.29) is 29.8 Å². The number of ether oxygens (including phenoxy) is 3.